The Balaban J connectivity index is 1.58. The lowest BCUT2D eigenvalue weighted by molar-refractivity contribution is -0.168. The number of benzene rings is 1. The summed E-state index contributed by atoms with van der Waals surface area (Å²) in [5.41, 5.74) is 0.557. The van der Waals surface area contributed by atoms with Gasteiger partial charge in [-0.05, 0) is 31.4 Å². The van der Waals surface area contributed by atoms with Crippen LogP contribution in [0.4, 0.5) is 0 Å². The molecule has 0 saturated carbocycles. The van der Waals surface area contributed by atoms with Gasteiger partial charge in [-0.1, -0.05) is 18.2 Å². The number of aromatic nitrogens is 1. The molecule has 1 aromatic carbocycles. The highest BCUT2D eigenvalue weighted by Gasteiger charge is 2.18. The summed E-state index contributed by atoms with van der Waals surface area (Å²) in [5, 5.41) is 2.55. The Bertz CT molecular complexity index is 722. The molecule has 7 heteroatoms. The molecule has 124 valence electrons. The second kappa shape index (κ2) is 7.53. The first-order valence-corrected chi connectivity index (χ1v) is 10.1. The predicted molar refractivity (Wildman–Crippen MR) is 87.8 cm³/mol. The van der Waals surface area contributed by atoms with Crippen molar-refractivity contribution in [1.82, 2.24) is 4.98 Å². The molecule has 1 aliphatic heterocycles. The zero-order valence-electron chi connectivity index (χ0n) is 12.7. The first kappa shape index (κ1) is 16.6. The molecule has 1 aliphatic rings. The largest absolute Gasteiger partial charge is 0.353 e. The Kier molecular flexibility index (Phi) is 5.42. The highest BCUT2D eigenvalue weighted by atomic mass is 32.2. The molecule has 1 atom stereocenters. The maximum absolute atomic E-state index is 12.3. The van der Waals surface area contributed by atoms with Crippen LogP contribution < -0.4 is 0 Å². The highest BCUT2D eigenvalue weighted by molar-refractivity contribution is 7.90. The number of hydrogen-bond acceptors (Lipinski definition) is 6. The van der Waals surface area contributed by atoms with Crippen LogP contribution in [0, 0.1) is 0 Å². The van der Waals surface area contributed by atoms with Gasteiger partial charge in [0.05, 0.1) is 16.3 Å². The van der Waals surface area contributed by atoms with E-state index >= 15 is 0 Å². The van der Waals surface area contributed by atoms with Crippen LogP contribution in [-0.4, -0.2) is 26.3 Å². The van der Waals surface area contributed by atoms with E-state index in [9.17, 15) is 8.42 Å². The van der Waals surface area contributed by atoms with Crippen molar-refractivity contribution in [1.29, 1.82) is 0 Å². The zero-order valence-corrected chi connectivity index (χ0v) is 14.3. The van der Waals surface area contributed by atoms with Crippen molar-refractivity contribution in [2.24, 2.45) is 0 Å². The van der Waals surface area contributed by atoms with Crippen molar-refractivity contribution in [2.45, 2.75) is 42.8 Å². The lowest BCUT2D eigenvalue weighted by Crippen LogP contribution is -2.21. The summed E-state index contributed by atoms with van der Waals surface area (Å²) in [5.74, 6) is -0.0898. The summed E-state index contributed by atoms with van der Waals surface area (Å²) in [7, 11) is -3.36. The average molecular weight is 353 g/mol. The minimum absolute atomic E-state index is 0.0898. The Labute approximate surface area is 140 Å². The van der Waals surface area contributed by atoms with Gasteiger partial charge in [-0.15, -0.1) is 11.3 Å². The molecule has 1 saturated heterocycles. The molecule has 1 aromatic heterocycles. The second-order valence-electron chi connectivity index (χ2n) is 5.41. The van der Waals surface area contributed by atoms with E-state index in [1.807, 2.05) is 0 Å². The first-order valence-electron chi connectivity index (χ1n) is 7.58. The van der Waals surface area contributed by atoms with Gasteiger partial charge in [0.1, 0.15) is 11.6 Å². The fraction of sp³-hybridized carbons (Fsp3) is 0.438. The Hall–Kier alpha value is -1.28. The summed E-state index contributed by atoms with van der Waals surface area (Å²) in [4.78, 5) is 4.68. The molecule has 2 heterocycles. The normalized spacial score (nSPS) is 18.9. The van der Waals surface area contributed by atoms with Crippen LogP contribution in [0.15, 0.2) is 40.6 Å². The Morgan fingerprint density at radius 2 is 2.09 bits per heavy atom. The summed E-state index contributed by atoms with van der Waals surface area (Å²) in [6, 6.07) is 8.44. The lowest BCUT2D eigenvalue weighted by atomic mass is 10.2. The van der Waals surface area contributed by atoms with Crippen molar-refractivity contribution in [3.05, 3.63) is 46.4 Å². The molecule has 5 nitrogen and oxygen atoms in total. The quantitative estimate of drug-likeness (QED) is 0.798. The molecular weight excluding hydrogens is 334 g/mol. The molecule has 0 aliphatic carbocycles. The summed E-state index contributed by atoms with van der Waals surface area (Å²) in [6.07, 6.45) is 2.94. The van der Waals surface area contributed by atoms with Crippen LogP contribution in [0.5, 0.6) is 0 Å². The third-order valence-corrected chi connectivity index (χ3v) is 6.11. The third kappa shape index (κ3) is 4.60. The molecule has 1 unspecified atom stereocenters. The fourth-order valence-electron chi connectivity index (χ4n) is 2.39. The van der Waals surface area contributed by atoms with Gasteiger partial charge in [0.2, 0.25) is 0 Å². The van der Waals surface area contributed by atoms with Crippen molar-refractivity contribution in [3.63, 3.8) is 0 Å². The summed E-state index contributed by atoms with van der Waals surface area (Å²) >= 11 is 1.42. The van der Waals surface area contributed by atoms with Gasteiger partial charge in [0.15, 0.2) is 16.1 Å². The first-order chi connectivity index (χ1) is 11.1. The lowest BCUT2D eigenvalue weighted by Gasteiger charge is -2.22. The van der Waals surface area contributed by atoms with E-state index in [1.165, 1.54) is 11.3 Å². The Morgan fingerprint density at radius 3 is 2.83 bits per heavy atom. The third-order valence-electron chi connectivity index (χ3n) is 3.57. The van der Waals surface area contributed by atoms with Crippen LogP contribution in [-0.2, 0) is 31.7 Å². The van der Waals surface area contributed by atoms with Crippen molar-refractivity contribution >= 4 is 21.2 Å². The van der Waals surface area contributed by atoms with E-state index in [-0.39, 0.29) is 12.0 Å². The fourth-order valence-corrected chi connectivity index (χ4v) is 4.49. The maximum Gasteiger partial charge on any atom is 0.184 e. The molecule has 23 heavy (non-hydrogen) atoms. The van der Waals surface area contributed by atoms with Crippen LogP contribution in [0.1, 0.15) is 30.0 Å². The molecular formula is C16H19NO4S2. The van der Waals surface area contributed by atoms with Crippen molar-refractivity contribution < 1.29 is 17.9 Å². The standard InChI is InChI=1S/C16H19NO4S2/c18-23(19,14-6-2-1-3-7-14)12-13-11-22-15(17-13)10-21-16-8-4-5-9-20-16/h1-3,6-7,11,16H,4-5,8-10,12H2. The summed E-state index contributed by atoms with van der Waals surface area (Å²) in [6.45, 7) is 1.10. The molecule has 0 amide bonds. The van der Waals surface area contributed by atoms with Gasteiger partial charge in [-0.25, -0.2) is 13.4 Å². The van der Waals surface area contributed by atoms with Crippen LogP contribution in [0.25, 0.3) is 0 Å². The zero-order chi connectivity index (χ0) is 16.1. The van der Waals surface area contributed by atoms with Crippen molar-refractivity contribution in [2.75, 3.05) is 6.61 Å². The molecule has 2 aromatic rings. The van der Waals surface area contributed by atoms with E-state index in [2.05, 4.69) is 4.98 Å². The molecule has 0 bridgehead atoms. The molecule has 0 spiro atoms. The van der Waals surface area contributed by atoms with E-state index < -0.39 is 9.84 Å². The van der Waals surface area contributed by atoms with Gasteiger partial charge in [-0.2, -0.15) is 0 Å². The predicted octanol–water partition coefficient (Wildman–Crippen LogP) is 3.16. The van der Waals surface area contributed by atoms with Crippen LogP contribution >= 0.6 is 11.3 Å². The number of hydrogen-bond donors (Lipinski definition) is 0. The molecule has 1 fully saturated rings. The number of thiazole rings is 1. The van der Waals surface area contributed by atoms with Gasteiger partial charge in [-0.3, -0.25) is 0 Å². The number of ether oxygens (including phenoxy) is 2. The number of rotatable bonds is 6. The van der Waals surface area contributed by atoms with Crippen LogP contribution in [0.3, 0.4) is 0 Å². The smallest absolute Gasteiger partial charge is 0.184 e. The minimum Gasteiger partial charge on any atom is -0.353 e. The van der Waals surface area contributed by atoms with Gasteiger partial charge < -0.3 is 9.47 Å². The maximum atomic E-state index is 12.3. The van der Waals surface area contributed by atoms with Crippen LogP contribution in [0.2, 0.25) is 0 Å². The number of nitrogens with zero attached hydrogens (tertiary/aromatic N) is 1. The van der Waals surface area contributed by atoms with Crippen molar-refractivity contribution in [3.8, 4) is 0 Å². The minimum atomic E-state index is -3.36. The van der Waals surface area contributed by atoms with E-state index in [1.54, 1.807) is 35.7 Å². The van der Waals surface area contributed by atoms with E-state index in [0.29, 0.717) is 17.2 Å². The highest BCUT2D eigenvalue weighted by Crippen LogP contribution is 2.20. The second-order valence-corrected chi connectivity index (χ2v) is 8.34. The average Bonchev–Trinajstić information content (AvgIpc) is 3.01. The Morgan fingerprint density at radius 1 is 1.26 bits per heavy atom. The monoisotopic (exact) mass is 353 g/mol. The van der Waals surface area contributed by atoms with E-state index in [4.69, 9.17) is 9.47 Å². The topological polar surface area (TPSA) is 65.5 Å². The van der Waals surface area contributed by atoms with Gasteiger partial charge in [0, 0.05) is 12.0 Å². The molecule has 0 N–H and O–H groups in total. The van der Waals surface area contributed by atoms with Gasteiger partial charge >= 0.3 is 0 Å². The summed E-state index contributed by atoms with van der Waals surface area (Å²) < 4.78 is 35.8. The SMILES string of the molecule is O=S(=O)(Cc1csc(COC2CCCCO2)n1)c1ccccc1. The van der Waals surface area contributed by atoms with E-state index in [0.717, 1.165) is 30.9 Å². The van der Waals surface area contributed by atoms with Gasteiger partial charge in [0.25, 0.3) is 0 Å². The number of sulfone groups is 1. The molecule has 3 rings (SSSR count). The molecule has 0 radical (unpaired) electrons.